The summed E-state index contributed by atoms with van der Waals surface area (Å²) in [5.41, 5.74) is 0. The summed E-state index contributed by atoms with van der Waals surface area (Å²) in [5, 5.41) is 8.88. The number of thiol groups is 1. The highest BCUT2D eigenvalue weighted by Crippen LogP contribution is 2.30. The molecule has 0 aromatic heterocycles. The molecule has 0 aromatic rings. The third-order valence-corrected chi connectivity index (χ3v) is 3.13. The topological polar surface area (TPSA) is 37.3 Å². The van der Waals surface area contributed by atoms with Crippen molar-refractivity contribution in [3.05, 3.63) is 0 Å². The normalized spacial score (nSPS) is 22.1. The maximum absolute atomic E-state index is 10.8. The van der Waals surface area contributed by atoms with Gasteiger partial charge >= 0.3 is 5.97 Å². The fourth-order valence-corrected chi connectivity index (χ4v) is 2.42. The molecule has 1 fully saturated rings. The van der Waals surface area contributed by atoms with Crippen LogP contribution in [0.25, 0.3) is 0 Å². The van der Waals surface area contributed by atoms with Crippen LogP contribution in [0, 0.1) is 11.8 Å². The molecule has 1 atom stereocenters. The van der Waals surface area contributed by atoms with Gasteiger partial charge in [0.1, 0.15) is 0 Å². The van der Waals surface area contributed by atoms with E-state index in [0.717, 1.165) is 12.8 Å². The zero-order valence-corrected chi connectivity index (χ0v) is 8.09. The van der Waals surface area contributed by atoms with Crippen LogP contribution in [0.5, 0.6) is 0 Å². The Labute approximate surface area is 78.8 Å². The van der Waals surface area contributed by atoms with Crippen LogP contribution in [0.3, 0.4) is 0 Å². The zero-order valence-electron chi connectivity index (χ0n) is 7.20. The van der Waals surface area contributed by atoms with Crippen LogP contribution in [-0.2, 0) is 4.79 Å². The minimum Gasteiger partial charge on any atom is -0.481 e. The second-order valence-electron chi connectivity index (χ2n) is 3.53. The summed E-state index contributed by atoms with van der Waals surface area (Å²) in [7, 11) is 0. The lowest BCUT2D eigenvalue weighted by molar-refractivity contribution is -0.143. The fraction of sp³-hybridized carbons (Fsp3) is 0.889. The first-order valence-electron chi connectivity index (χ1n) is 4.59. The molecular weight excluding hydrogens is 172 g/mol. The van der Waals surface area contributed by atoms with Crippen molar-refractivity contribution >= 4 is 18.6 Å². The maximum atomic E-state index is 10.8. The average Bonchev–Trinajstić information content (AvgIpc) is 2.07. The van der Waals surface area contributed by atoms with E-state index >= 15 is 0 Å². The molecule has 1 aliphatic rings. The largest absolute Gasteiger partial charge is 0.481 e. The van der Waals surface area contributed by atoms with Crippen LogP contribution < -0.4 is 0 Å². The van der Waals surface area contributed by atoms with Crippen LogP contribution >= 0.6 is 12.6 Å². The summed E-state index contributed by atoms with van der Waals surface area (Å²) >= 11 is 4.08. The Morgan fingerprint density at radius 3 is 2.42 bits per heavy atom. The first-order valence-corrected chi connectivity index (χ1v) is 5.22. The van der Waals surface area contributed by atoms with Crippen LogP contribution in [0.15, 0.2) is 0 Å². The minimum absolute atomic E-state index is 0.214. The van der Waals surface area contributed by atoms with Crippen LogP contribution in [0.2, 0.25) is 0 Å². The van der Waals surface area contributed by atoms with Crippen LogP contribution in [-0.4, -0.2) is 16.8 Å². The minimum atomic E-state index is -0.670. The second kappa shape index (κ2) is 4.75. The van der Waals surface area contributed by atoms with Gasteiger partial charge in [-0.3, -0.25) is 4.79 Å². The van der Waals surface area contributed by atoms with Gasteiger partial charge in [0.2, 0.25) is 0 Å². The standard InChI is InChI=1S/C9H16O2S/c10-9(11)8(6-12)7-4-2-1-3-5-7/h7-8,12H,1-6H2,(H,10,11). The van der Waals surface area contributed by atoms with Gasteiger partial charge in [0.15, 0.2) is 0 Å². The van der Waals surface area contributed by atoms with Gasteiger partial charge in [0.05, 0.1) is 5.92 Å². The highest BCUT2D eigenvalue weighted by molar-refractivity contribution is 7.80. The van der Waals surface area contributed by atoms with Crippen molar-refractivity contribution in [3.63, 3.8) is 0 Å². The monoisotopic (exact) mass is 188 g/mol. The van der Waals surface area contributed by atoms with E-state index in [1.165, 1.54) is 19.3 Å². The molecular formula is C9H16O2S. The smallest absolute Gasteiger partial charge is 0.307 e. The summed E-state index contributed by atoms with van der Waals surface area (Å²) in [5.74, 6) is -0.0146. The molecule has 1 saturated carbocycles. The number of hydrogen-bond donors (Lipinski definition) is 2. The Balaban J connectivity index is 2.46. The van der Waals surface area contributed by atoms with Crippen molar-refractivity contribution in [2.75, 3.05) is 5.75 Å². The van der Waals surface area contributed by atoms with E-state index < -0.39 is 5.97 Å². The van der Waals surface area contributed by atoms with Gasteiger partial charge in [-0.2, -0.15) is 12.6 Å². The Morgan fingerprint density at radius 2 is 2.00 bits per heavy atom. The van der Waals surface area contributed by atoms with E-state index in [2.05, 4.69) is 12.6 Å². The van der Waals surface area contributed by atoms with E-state index in [0.29, 0.717) is 11.7 Å². The SMILES string of the molecule is O=C(O)C(CS)C1CCCCC1. The average molecular weight is 188 g/mol. The Morgan fingerprint density at radius 1 is 1.42 bits per heavy atom. The number of aliphatic carboxylic acids is 1. The molecule has 12 heavy (non-hydrogen) atoms. The number of carboxylic acids is 1. The number of hydrogen-bond acceptors (Lipinski definition) is 2. The summed E-state index contributed by atoms with van der Waals surface area (Å²) < 4.78 is 0. The van der Waals surface area contributed by atoms with Crippen molar-refractivity contribution in [1.29, 1.82) is 0 Å². The van der Waals surface area contributed by atoms with Gasteiger partial charge in [-0.25, -0.2) is 0 Å². The zero-order chi connectivity index (χ0) is 8.97. The molecule has 0 bridgehead atoms. The molecule has 0 aromatic carbocycles. The fourth-order valence-electron chi connectivity index (χ4n) is 1.97. The summed E-state index contributed by atoms with van der Waals surface area (Å²) in [6.45, 7) is 0. The van der Waals surface area contributed by atoms with Crippen molar-refractivity contribution in [2.24, 2.45) is 11.8 Å². The molecule has 0 saturated heterocycles. The Bertz CT molecular complexity index is 153. The van der Waals surface area contributed by atoms with Gasteiger partial charge in [0.25, 0.3) is 0 Å². The van der Waals surface area contributed by atoms with Gasteiger partial charge in [0, 0.05) is 5.75 Å². The third-order valence-electron chi connectivity index (χ3n) is 2.73. The van der Waals surface area contributed by atoms with E-state index in [9.17, 15) is 4.79 Å². The molecule has 0 aliphatic heterocycles. The summed E-state index contributed by atoms with van der Waals surface area (Å²) in [6.07, 6.45) is 5.83. The first kappa shape index (κ1) is 9.90. The van der Waals surface area contributed by atoms with Gasteiger partial charge in [-0.05, 0) is 18.8 Å². The Kier molecular flexibility index (Phi) is 3.92. The summed E-state index contributed by atoms with van der Waals surface area (Å²) in [6, 6.07) is 0. The van der Waals surface area contributed by atoms with Gasteiger partial charge in [-0.15, -0.1) is 0 Å². The van der Waals surface area contributed by atoms with Crippen LogP contribution in [0.1, 0.15) is 32.1 Å². The molecule has 1 unspecified atom stereocenters. The van der Waals surface area contributed by atoms with Crippen molar-refractivity contribution in [1.82, 2.24) is 0 Å². The lowest BCUT2D eigenvalue weighted by Crippen LogP contribution is -2.26. The van der Waals surface area contributed by atoms with E-state index in [1.807, 2.05) is 0 Å². The highest BCUT2D eigenvalue weighted by Gasteiger charge is 2.27. The number of carbonyl (C=O) groups is 1. The lowest BCUT2D eigenvalue weighted by Gasteiger charge is -2.26. The Hall–Kier alpha value is -0.180. The molecule has 1 rings (SSSR count). The predicted octanol–water partition coefficient (Wildman–Crippen LogP) is 2.20. The molecule has 1 N–H and O–H groups in total. The quantitative estimate of drug-likeness (QED) is 0.666. The lowest BCUT2D eigenvalue weighted by atomic mass is 9.81. The molecule has 1 aliphatic carbocycles. The molecule has 0 amide bonds. The summed E-state index contributed by atoms with van der Waals surface area (Å²) in [4.78, 5) is 10.8. The van der Waals surface area contributed by atoms with Gasteiger partial charge < -0.3 is 5.11 Å². The molecule has 0 heterocycles. The highest BCUT2D eigenvalue weighted by atomic mass is 32.1. The van der Waals surface area contributed by atoms with Crippen molar-refractivity contribution in [2.45, 2.75) is 32.1 Å². The molecule has 2 nitrogen and oxygen atoms in total. The first-order chi connectivity index (χ1) is 5.75. The molecule has 3 heteroatoms. The molecule has 70 valence electrons. The number of rotatable bonds is 3. The second-order valence-corrected chi connectivity index (χ2v) is 3.89. The third kappa shape index (κ3) is 2.41. The predicted molar refractivity (Wildman–Crippen MR) is 51.6 cm³/mol. The van der Waals surface area contributed by atoms with E-state index in [-0.39, 0.29) is 5.92 Å². The molecule has 0 spiro atoms. The molecule has 0 radical (unpaired) electrons. The van der Waals surface area contributed by atoms with E-state index in [1.54, 1.807) is 0 Å². The van der Waals surface area contributed by atoms with Crippen LogP contribution in [0.4, 0.5) is 0 Å². The maximum Gasteiger partial charge on any atom is 0.307 e. The van der Waals surface area contributed by atoms with E-state index in [4.69, 9.17) is 5.11 Å². The van der Waals surface area contributed by atoms with Crippen molar-refractivity contribution < 1.29 is 9.90 Å². The van der Waals surface area contributed by atoms with Crippen molar-refractivity contribution in [3.8, 4) is 0 Å². The number of carboxylic acid groups (broad SMARTS) is 1. The van der Waals surface area contributed by atoms with Gasteiger partial charge in [-0.1, -0.05) is 19.3 Å².